The summed E-state index contributed by atoms with van der Waals surface area (Å²) in [5, 5.41) is 62.2. The first-order chi connectivity index (χ1) is 26.6. The number of aromatic hydroxyl groups is 2. The number of nitrogens with one attached hydrogen (secondary N) is 3. The molecule has 4 aromatic rings. The summed E-state index contributed by atoms with van der Waals surface area (Å²) in [5.41, 5.74) is 7.79. The monoisotopic (exact) mass is 851 g/mol. The molecular weight excluding hydrogens is 822 g/mol. The number of β-lactam (4-membered cyclic amide) rings is 1. The molecule has 2 aliphatic rings. The zero-order valence-electron chi connectivity index (χ0n) is 29.9. The quantitative estimate of drug-likeness (QED) is 0.0118. The van der Waals surface area contributed by atoms with Crippen molar-refractivity contribution in [3.63, 3.8) is 0 Å². The maximum Gasteiger partial charge on any atom is 1.00 e. The van der Waals surface area contributed by atoms with Gasteiger partial charge < -0.3 is 46.2 Å². The molecule has 4 amide bonds. The average molecular weight is 852 g/mol. The number of nitrogens with two attached hydrogens (primary N) is 1. The Balaban J connectivity index is 0.00000620. The number of anilines is 1. The molecular formula is C31H30N11NaO11S3. The Bertz CT molecular complexity index is 2330. The number of aromatic nitrogens is 5. The maximum atomic E-state index is 13.6. The van der Waals surface area contributed by atoms with Crippen LogP contribution in [0.15, 0.2) is 51.1 Å². The van der Waals surface area contributed by atoms with E-state index in [1.807, 2.05) is 0 Å². The Morgan fingerprint density at radius 3 is 2.51 bits per heavy atom. The number of oxime groups is 1. The first-order valence-corrected chi connectivity index (χ1v) is 18.9. The van der Waals surface area contributed by atoms with Crippen LogP contribution in [0, 0.1) is 0 Å². The molecule has 5 heterocycles. The summed E-state index contributed by atoms with van der Waals surface area (Å²) >= 11 is 3.28. The Morgan fingerprint density at radius 1 is 1.11 bits per heavy atom. The third-order valence-electron chi connectivity index (χ3n) is 8.02. The number of hydrazine groups is 1. The average Bonchev–Trinajstić information content (AvgIpc) is 3.81. The van der Waals surface area contributed by atoms with Crippen LogP contribution in [0.3, 0.4) is 0 Å². The third-order valence-corrected chi connectivity index (χ3v) is 11.1. The first kappa shape index (κ1) is 43.1. The molecule has 2 aliphatic heterocycles. The van der Waals surface area contributed by atoms with Crippen LogP contribution in [0.25, 0.3) is 5.78 Å². The fraction of sp³-hybridized carbons (Fsp3) is 0.290. The Labute approximate surface area is 355 Å². The standard InChI is InChI=1S/C31H31N11O11S3.Na/c1-31(2,28(52)38-37-23(47)12-3-4-16(45)17(46)5-12)53-40-20(15-11-56-29(32)34-15)24(48)36-21-25(49)41-22(27(50)51)13(10-55-26(21)41)9-54-19-6-14(7-43)33-30-35-18(8-44)39-42(19)30;/h3-6,11,21,26,43-46H,7-10H2,1-2H3,(H2,32,34)(H,36,48)(H,37,47)(H,38,52)(H,50,51);/q;+1/p-1/t21?,26-;/m0./s1. The van der Waals surface area contributed by atoms with Crippen molar-refractivity contribution in [3.05, 3.63) is 63.7 Å². The second kappa shape index (κ2) is 17.6. The number of phenolic OH excluding ortho intramolecular Hbond substituents is 2. The van der Waals surface area contributed by atoms with E-state index in [9.17, 15) is 49.5 Å². The number of nitrogens with zero attached hydrogens (tertiary/aromatic N) is 7. The van der Waals surface area contributed by atoms with Gasteiger partial charge in [-0.15, -0.1) is 40.0 Å². The molecule has 6 rings (SSSR count). The van der Waals surface area contributed by atoms with Crippen LogP contribution < -0.4 is 56.6 Å². The number of rotatable bonds is 13. The van der Waals surface area contributed by atoms with Gasteiger partial charge in [-0.2, -0.15) is 9.50 Å². The van der Waals surface area contributed by atoms with Crippen LogP contribution in [-0.2, 0) is 37.2 Å². The third kappa shape index (κ3) is 9.09. The molecule has 1 fully saturated rings. The molecule has 0 aliphatic carbocycles. The number of carbonyl (C=O) groups is 5. The molecule has 22 nitrogen and oxygen atoms in total. The zero-order valence-corrected chi connectivity index (χ0v) is 34.4. The fourth-order valence-electron chi connectivity index (χ4n) is 5.14. The molecule has 0 spiro atoms. The molecule has 9 N–H and O–H groups in total. The number of nitrogen functional groups attached to an aromatic ring is 1. The number of carboxylic acid groups (broad SMARTS) is 1. The minimum Gasteiger partial charge on any atom is -0.543 e. The van der Waals surface area contributed by atoms with E-state index in [0.29, 0.717) is 10.6 Å². The van der Waals surface area contributed by atoms with E-state index in [1.165, 1.54) is 47.6 Å². The number of benzene rings is 1. The normalized spacial score (nSPS) is 16.7. The fourth-order valence-corrected chi connectivity index (χ4v) is 8.19. The van der Waals surface area contributed by atoms with E-state index in [4.69, 9.17) is 10.6 Å². The van der Waals surface area contributed by atoms with Crippen LogP contribution in [0.4, 0.5) is 5.13 Å². The van der Waals surface area contributed by atoms with Crippen LogP contribution in [-0.4, -0.2) is 114 Å². The van der Waals surface area contributed by atoms with Gasteiger partial charge in [0.25, 0.3) is 29.4 Å². The minimum absolute atomic E-state index is 0. The SMILES string of the molecule is CC(C)(ON=C(C(=O)NC1C(=O)N2C(C(=O)[O-])=C(CSc3cc(CO)nc4nc(CO)nn34)CS[C@@H]12)c1csc(N)n1)C(=O)NNC(=O)c1ccc(O)c(O)c1.[Na+]. The van der Waals surface area contributed by atoms with E-state index >= 15 is 0 Å². The molecule has 26 heteroatoms. The number of carboxylic acids is 1. The second-order valence-corrected chi connectivity index (χ2v) is 15.2. The molecule has 3 aromatic heterocycles. The van der Waals surface area contributed by atoms with Gasteiger partial charge in [0.2, 0.25) is 5.60 Å². The van der Waals surface area contributed by atoms with E-state index in [2.05, 4.69) is 41.4 Å². The Hall–Kier alpha value is -5.02. The number of amides is 4. The summed E-state index contributed by atoms with van der Waals surface area (Å²) in [6, 6.07) is 3.56. The predicted molar refractivity (Wildman–Crippen MR) is 194 cm³/mol. The summed E-state index contributed by atoms with van der Waals surface area (Å²) in [5.74, 6) is -5.75. The Morgan fingerprint density at radius 2 is 1.86 bits per heavy atom. The molecule has 1 aromatic carbocycles. The van der Waals surface area contributed by atoms with Crippen LogP contribution in [0.2, 0.25) is 0 Å². The number of hydrogen-bond acceptors (Lipinski definition) is 20. The van der Waals surface area contributed by atoms with E-state index < -0.39 is 77.0 Å². The van der Waals surface area contributed by atoms with Crippen LogP contribution in [0.5, 0.6) is 11.5 Å². The van der Waals surface area contributed by atoms with Crippen molar-refractivity contribution in [2.45, 2.75) is 49.1 Å². The Kier molecular flexibility index (Phi) is 13.3. The molecule has 294 valence electrons. The number of aliphatic hydroxyl groups excluding tert-OH is 2. The van der Waals surface area contributed by atoms with E-state index in [-0.39, 0.29) is 80.4 Å². The molecule has 0 radical (unpaired) electrons. The second-order valence-electron chi connectivity index (χ2n) is 12.3. The molecule has 0 bridgehead atoms. The van der Waals surface area contributed by atoms with E-state index in [0.717, 1.165) is 40.1 Å². The summed E-state index contributed by atoms with van der Waals surface area (Å²) in [7, 11) is 0. The van der Waals surface area contributed by atoms with Crippen molar-refractivity contribution in [2.75, 3.05) is 17.2 Å². The number of phenols is 2. The van der Waals surface area contributed by atoms with Gasteiger partial charge in [0.15, 0.2) is 28.2 Å². The number of hydrogen-bond donors (Lipinski definition) is 8. The molecule has 57 heavy (non-hydrogen) atoms. The molecule has 1 unspecified atom stereocenters. The van der Waals surface area contributed by atoms with Crippen molar-refractivity contribution in [1.82, 2.24) is 45.6 Å². The van der Waals surface area contributed by atoms with Crippen LogP contribution >= 0.6 is 34.9 Å². The van der Waals surface area contributed by atoms with Crippen molar-refractivity contribution in [1.29, 1.82) is 0 Å². The summed E-state index contributed by atoms with van der Waals surface area (Å²) in [4.78, 5) is 83.6. The van der Waals surface area contributed by atoms with Crippen molar-refractivity contribution < 1.29 is 83.9 Å². The summed E-state index contributed by atoms with van der Waals surface area (Å²) < 4.78 is 1.34. The van der Waals surface area contributed by atoms with Crippen molar-refractivity contribution in [3.8, 4) is 11.5 Å². The van der Waals surface area contributed by atoms with Gasteiger partial charge in [0.05, 0.1) is 24.0 Å². The number of carbonyl (C=O) groups excluding carboxylic acids is 5. The largest absolute Gasteiger partial charge is 1.00 e. The van der Waals surface area contributed by atoms with Gasteiger partial charge in [-0.25, -0.2) is 9.97 Å². The number of aliphatic hydroxyl groups is 2. The summed E-state index contributed by atoms with van der Waals surface area (Å²) in [6.07, 6.45) is 0. The van der Waals surface area contributed by atoms with E-state index in [1.54, 1.807) is 0 Å². The predicted octanol–water partition coefficient (Wildman–Crippen LogP) is -5.28. The number of thioether (sulfide) groups is 2. The van der Waals surface area contributed by atoms with Gasteiger partial charge in [0.1, 0.15) is 28.7 Å². The maximum absolute atomic E-state index is 13.6. The smallest absolute Gasteiger partial charge is 0.543 e. The summed E-state index contributed by atoms with van der Waals surface area (Å²) in [6.45, 7) is 1.67. The van der Waals surface area contributed by atoms with Gasteiger partial charge in [-0.3, -0.25) is 34.9 Å². The van der Waals surface area contributed by atoms with Gasteiger partial charge in [-0.1, -0.05) is 5.16 Å². The van der Waals surface area contributed by atoms with Crippen molar-refractivity contribution >= 4 is 81.1 Å². The minimum atomic E-state index is -1.83. The van der Waals surface area contributed by atoms with Crippen molar-refractivity contribution in [2.24, 2.45) is 5.16 Å². The number of aliphatic carboxylic acids is 1. The van der Waals surface area contributed by atoms with Gasteiger partial charge in [-0.05, 0) is 43.7 Å². The van der Waals surface area contributed by atoms with Gasteiger partial charge in [0, 0.05) is 22.4 Å². The first-order valence-electron chi connectivity index (χ1n) is 16.0. The zero-order chi connectivity index (χ0) is 40.5. The van der Waals surface area contributed by atoms with Crippen LogP contribution in [0.1, 0.15) is 41.4 Å². The van der Waals surface area contributed by atoms with Gasteiger partial charge >= 0.3 is 29.6 Å². The number of fused-ring (bicyclic) bond motifs is 2. The molecule has 1 saturated heterocycles. The topological polar surface area (TPSA) is 332 Å². The molecule has 0 saturated carbocycles. The number of thiazole rings is 1. The molecule has 2 atom stereocenters.